The first-order valence-electron chi connectivity index (χ1n) is 3.51. The van der Waals surface area contributed by atoms with E-state index in [9.17, 15) is 0 Å². The lowest BCUT2D eigenvalue weighted by atomic mass is 10.3. The molecule has 0 spiro atoms. The van der Waals surface area contributed by atoms with Crippen LogP contribution in [0.1, 0.15) is 20.8 Å². The van der Waals surface area contributed by atoms with Gasteiger partial charge in [-0.3, -0.25) is 0 Å². The van der Waals surface area contributed by atoms with Crippen molar-refractivity contribution in [1.82, 2.24) is 0 Å². The van der Waals surface area contributed by atoms with Crippen molar-refractivity contribution in [2.75, 3.05) is 14.1 Å². The molecule has 0 aliphatic rings. The molecule has 0 aromatic rings. The second-order valence-electron chi connectivity index (χ2n) is 5.01. The van der Waals surface area contributed by atoms with E-state index >= 15 is 0 Å². The molecule has 0 aliphatic heterocycles. The van der Waals surface area contributed by atoms with E-state index in [1.54, 1.807) is 0 Å². The molecule has 0 atom stereocenters. The molecule has 0 N–H and O–H groups in total. The molecule has 0 heterocycles. The van der Waals surface area contributed by atoms with Gasteiger partial charge in [-0.25, -0.2) is 0 Å². The fourth-order valence-electron chi connectivity index (χ4n) is 1.42. The van der Waals surface area contributed by atoms with Gasteiger partial charge in [0.05, 0.1) is 0 Å². The van der Waals surface area contributed by atoms with Crippen LogP contribution in [0.2, 0.25) is 5.04 Å². The topological polar surface area (TPSA) is 0 Å². The normalized spacial score (nSPS) is 15.7. The Labute approximate surface area is 64.4 Å². The Balaban J connectivity index is 3.75. The van der Waals surface area contributed by atoms with Crippen LogP contribution in [-0.4, -0.2) is 38.0 Å². The van der Waals surface area contributed by atoms with Crippen LogP contribution in [0.3, 0.4) is 0 Å². The molecule has 0 saturated carbocycles. The number of quaternary nitrogens is 1. The first kappa shape index (κ1) is 9.39. The summed E-state index contributed by atoms with van der Waals surface area (Å²) in [4.78, 5) is 0. The van der Waals surface area contributed by atoms with Gasteiger partial charge in [-0.1, -0.05) is 20.8 Å². The molecule has 0 radical (unpaired) electrons. The Morgan fingerprint density at radius 2 is 1.56 bits per heavy atom. The van der Waals surface area contributed by atoms with Gasteiger partial charge >= 0.3 is 0 Å². The highest BCUT2D eigenvalue weighted by Gasteiger charge is 2.21. The minimum Gasteiger partial charge on any atom is -0.461 e. The van der Waals surface area contributed by atoms with Crippen molar-refractivity contribution in [2.45, 2.75) is 25.8 Å². The fourth-order valence-corrected chi connectivity index (χ4v) is 7.12. The lowest BCUT2D eigenvalue weighted by molar-refractivity contribution is -0.650. The van der Waals surface area contributed by atoms with Crippen LogP contribution in [0.5, 0.6) is 0 Å². The summed E-state index contributed by atoms with van der Waals surface area (Å²) in [6.07, 6.45) is 0. The van der Waals surface area contributed by atoms with Gasteiger partial charge in [0, 0.05) is 19.1 Å². The van der Waals surface area contributed by atoms with Crippen LogP contribution < -0.4 is 0 Å². The summed E-state index contributed by atoms with van der Waals surface area (Å²) < 4.78 is 1.34. The van der Waals surface area contributed by atoms with Gasteiger partial charge in [0.1, 0.15) is 0 Å². The van der Waals surface area contributed by atoms with Crippen molar-refractivity contribution in [3.8, 4) is 0 Å². The molecule has 0 aliphatic carbocycles. The molecule has 9 heavy (non-hydrogen) atoms. The predicted molar refractivity (Wildman–Crippen MR) is 50.3 cm³/mol. The minimum atomic E-state index is 0.0872. The lowest BCUT2D eigenvalue weighted by Crippen LogP contribution is -2.44. The van der Waals surface area contributed by atoms with Crippen LogP contribution in [0.4, 0.5) is 0 Å². The fraction of sp³-hybridized carbons (Fsp3) is 1.00. The summed E-state index contributed by atoms with van der Waals surface area (Å²) in [5.74, 6) is 0. The van der Waals surface area contributed by atoms with Gasteiger partial charge in [0.2, 0.25) is 20.1 Å². The van der Waals surface area contributed by atoms with E-state index in [1.165, 1.54) is 14.2 Å². The molecule has 0 bridgehead atoms. The van der Waals surface area contributed by atoms with E-state index in [2.05, 4.69) is 34.9 Å². The van der Waals surface area contributed by atoms with Gasteiger partial charge in [-0.05, 0) is 0 Å². The van der Waals surface area contributed by atoms with Crippen molar-refractivity contribution in [1.29, 1.82) is 0 Å². The third-order valence-corrected chi connectivity index (χ3v) is 3.79. The molecule has 3 heteroatoms. The van der Waals surface area contributed by atoms with Crippen molar-refractivity contribution in [3.05, 3.63) is 0 Å². The standard InChI is InChI=1S/C6H20NSi2/c1-6(2,3)9-7(4,5)8/h9H2,1-5,8H3/q+1. The van der Waals surface area contributed by atoms with E-state index in [4.69, 9.17) is 0 Å². The zero-order valence-electron chi connectivity index (χ0n) is 7.65. The number of nitrogens with zero attached hydrogens (tertiary/aromatic N) is 1. The first-order valence-corrected chi connectivity index (χ1v) is 5.75. The molecule has 0 unspecified atom stereocenters. The maximum absolute atomic E-state index is 2.36. The maximum Gasteiger partial charge on any atom is 0.242 e. The van der Waals surface area contributed by atoms with Crippen LogP contribution in [0.15, 0.2) is 0 Å². The smallest absolute Gasteiger partial charge is 0.242 e. The molecular weight excluding hydrogens is 142 g/mol. The van der Waals surface area contributed by atoms with Crippen molar-refractivity contribution in [3.63, 3.8) is 0 Å². The summed E-state index contributed by atoms with van der Waals surface area (Å²) in [7, 11) is 6.10. The predicted octanol–water partition coefficient (Wildman–Crippen LogP) is -0.355. The largest absolute Gasteiger partial charge is 0.461 e. The van der Waals surface area contributed by atoms with Crippen LogP contribution >= 0.6 is 0 Å². The molecule has 0 fully saturated rings. The van der Waals surface area contributed by atoms with E-state index in [0.717, 1.165) is 0 Å². The zero-order chi connectivity index (χ0) is 7.71. The first-order chi connectivity index (χ1) is 3.71. The molecule has 0 aromatic heterocycles. The van der Waals surface area contributed by atoms with E-state index < -0.39 is 0 Å². The van der Waals surface area contributed by atoms with E-state index in [0.29, 0.717) is 5.04 Å². The number of hydrogen-bond donors (Lipinski definition) is 0. The van der Waals surface area contributed by atoms with Crippen LogP contribution in [0.25, 0.3) is 0 Å². The Bertz CT molecular complexity index is 76.2. The SMILES string of the molecule is CC(C)(C)[SiH2][N+](C)(C)[SiH3]. The molecule has 0 aromatic carbocycles. The van der Waals surface area contributed by atoms with E-state index in [-0.39, 0.29) is 9.68 Å². The summed E-state index contributed by atoms with van der Waals surface area (Å²) in [5.41, 5.74) is 0. The lowest BCUT2D eigenvalue weighted by Gasteiger charge is -2.33. The van der Waals surface area contributed by atoms with Crippen LogP contribution in [0, 0.1) is 0 Å². The van der Waals surface area contributed by atoms with Gasteiger partial charge in [0.15, 0.2) is 0 Å². The van der Waals surface area contributed by atoms with Gasteiger partial charge in [-0.2, -0.15) is 0 Å². The van der Waals surface area contributed by atoms with Gasteiger partial charge < -0.3 is 3.81 Å². The average Bonchev–Trinajstić information content (AvgIpc) is 1.14. The number of hydrogen-bond acceptors (Lipinski definition) is 0. The highest BCUT2D eigenvalue weighted by Crippen LogP contribution is 2.21. The Hall–Kier alpha value is 0.394. The third kappa shape index (κ3) is 8.39. The zero-order valence-corrected chi connectivity index (χ0v) is 11.1. The van der Waals surface area contributed by atoms with Gasteiger partial charge in [-0.15, -0.1) is 0 Å². The second-order valence-corrected chi connectivity index (χ2v) is 13.0. The molecule has 0 saturated heterocycles. The Morgan fingerprint density at radius 1 is 1.22 bits per heavy atom. The summed E-state index contributed by atoms with van der Waals surface area (Å²) in [6.45, 7) is 7.07. The van der Waals surface area contributed by atoms with Crippen molar-refractivity contribution >= 4 is 20.1 Å². The highest BCUT2D eigenvalue weighted by atomic mass is 28.3. The number of rotatable bonds is 1. The molecule has 1 nitrogen and oxygen atoms in total. The van der Waals surface area contributed by atoms with Crippen molar-refractivity contribution < 1.29 is 3.81 Å². The molecule has 56 valence electrons. The Morgan fingerprint density at radius 3 is 1.56 bits per heavy atom. The summed E-state index contributed by atoms with van der Waals surface area (Å²) in [6, 6.07) is 0. The highest BCUT2D eigenvalue weighted by molar-refractivity contribution is 6.36. The van der Waals surface area contributed by atoms with Gasteiger partial charge in [0.25, 0.3) is 0 Å². The van der Waals surface area contributed by atoms with Crippen molar-refractivity contribution in [2.24, 2.45) is 0 Å². The third-order valence-electron chi connectivity index (χ3n) is 0.949. The maximum atomic E-state index is 2.36. The monoisotopic (exact) mass is 162 g/mol. The second kappa shape index (κ2) is 2.56. The molecular formula is C6H20NSi2+. The van der Waals surface area contributed by atoms with E-state index in [1.807, 2.05) is 0 Å². The Kier molecular flexibility index (Phi) is 2.67. The quantitative estimate of drug-likeness (QED) is 0.462. The average molecular weight is 162 g/mol. The summed E-state index contributed by atoms with van der Waals surface area (Å²) >= 11 is 0. The summed E-state index contributed by atoms with van der Waals surface area (Å²) in [5, 5.41) is 0.630. The molecule has 0 rings (SSSR count). The minimum absolute atomic E-state index is 0.0872. The van der Waals surface area contributed by atoms with Crippen LogP contribution in [-0.2, 0) is 0 Å². The molecule has 0 amide bonds.